The van der Waals surface area contributed by atoms with Crippen LogP contribution in [0.5, 0.6) is 0 Å². The number of hydrogen-bond acceptors (Lipinski definition) is 0. The summed E-state index contributed by atoms with van der Waals surface area (Å²) in [5.41, 5.74) is 8.57. The van der Waals surface area contributed by atoms with E-state index in [1.807, 2.05) is 0 Å². The van der Waals surface area contributed by atoms with Crippen molar-refractivity contribution in [3.8, 4) is 0 Å². The molecule has 0 fully saturated rings. The van der Waals surface area contributed by atoms with Gasteiger partial charge < -0.3 is 0 Å². The van der Waals surface area contributed by atoms with Crippen LogP contribution in [-0.2, 0) is 0 Å². The number of fused-ring (bicyclic) bond motifs is 4. The standard InChI is InChI=1S/C24H18.4CH3.2Sn/c1-19-5-3-7-23(17-19)15-13-21-9-11-22(12-10-21)14-16-24-8-4-6-20(2)18-24;;;;;;/h3-6,9,12-18H,1-2H3;4*1H3;;. The Morgan fingerprint density at radius 3 is 1.13 bits per heavy atom. The first-order chi connectivity index (χ1) is 14.2. The third-order valence-electron chi connectivity index (χ3n) is 7.21. The van der Waals surface area contributed by atoms with Gasteiger partial charge in [-0.25, -0.2) is 0 Å². The zero-order chi connectivity index (χ0) is 21.3. The predicted octanol–water partition coefficient (Wildman–Crippen LogP) is 4.92. The van der Waals surface area contributed by atoms with Crippen molar-refractivity contribution in [1.82, 2.24) is 0 Å². The second-order valence-electron chi connectivity index (χ2n) is 10.1. The summed E-state index contributed by atoms with van der Waals surface area (Å²) in [5.74, 6) is 0. The Morgan fingerprint density at radius 1 is 0.433 bits per heavy atom. The average Bonchev–Trinajstić information content (AvgIpc) is 2.86. The topological polar surface area (TPSA) is 0 Å². The fourth-order valence-corrected chi connectivity index (χ4v) is 22.9. The van der Waals surface area contributed by atoms with Gasteiger partial charge in [0.05, 0.1) is 0 Å². The van der Waals surface area contributed by atoms with Crippen LogP contribution >= 0.6 is 0 Å². The third-order valence-corrected chi connectivity index (χ3v) is 27.7. The van der Waals surface area contributed by atoms with Gasteiger partial charge in [0, 0.05) is 0 Å². The zero-order valence-corrected chi connectivity index (χ0v) is 24.6. The van der Waals surface area contributed by atoms with Gasteiger partial charge >= 0.3 is 191 Å². The molecule has 0 aromatic heterocycles. The van der Waals surface area contributed by atoms with E-state index in [0.717, 1.165) is 0 Å². The van der Waals surface area contributed by atoms with Crippen molar-refractivity contribution in [2.75, 3.05) is 0 Å². The monoisotopic (exact) mass is 606 g/mol. The maximum atomic E-state index is 2.59. The van der Waals surface area contributed by atoms with E-state index in [4.69, 9.17) is 0 Å². The summed E-state index contributed by atoms with van der Waals surface area (Å²) >= 11 is -5.38. The minimum absolute atomic E-state index is 1.36. The average molecular weight is 604 g/mol. The SMILES string of the molecule is Cc1cc[c]2c(c1)C=Cc1c[c]3c(c[c]1[Sn]2([CH3])[CH3])C=Cc1cc(C)cc[c]1[Sn]3([CH3])[CH3]. The summed E-state index contributed by atoms with van der Waals surface area (Å²) in [4.78, 5) is 10.4. The zero-order valence-electron chi connectivity index (χ0n) is 18.9. The van der Waals surface area contributed by atoms with E-state index in [0.29, 0.717) is 0 Å². The molecule has 2 heterocycles. The van der Waals surface area contributed by atoms with E-state index in [9.17, 15) is 0 Å². The Morgan fingerprint density at radius 2 is 0.767 bits per heavy atom. The molecule has 30 heavy (non-hydrogen) atoms. The van der Waals surface area contributed by atoms with E-state index in [1.54, 1.807) is 14.3 Å². The Bertz CT molecular complexity index is 1160. The van der Waals surface area contributed by atoms with E-state index in [-0.39, 0.29) is 0 Å². The summed E-state index contributed by atoms with van der Waals surface area (Å²) in [6.45, 7) is 4.41. The molecule has 0 unspecified atom stereocenters. The van der Waals surface area contributed by atoms with Crippen LogP contribution in [0.3, 0.4) is 0 Å². The molecule has 2 aliphatic heterocycles. The second kappa shape index (κ2) is 7.13. The molecule has 2 aliphatic rings. The van der Waals surface area contributed by atoms with Crippen LogP contribution < -0.4 is 14.3 Å². The van der Waals surface area contributed by atoms with Crippen LogP contribution in [0.1, 0.15) is 33.4 Å². The molecular weight excluding hydrogens is 574 g/mol. The number of hydrogen-bond donors (Lipinski definition) is 0. The first-order valence-electron chi connectivity index (χ1n) is 11.0. The van der Waals surface area contributed by atoms with Gasteiger partial charge in [0.15, 0.2) is 0 Å². The van der Waals surface area contributed by atoms with Gasteiger partial charge in [-0.1, -0.05) is 0 Å². The van der Waals surface area contributed by atoms with Crippen molar-refractivity contribution < 1.29 is 0 Å². The first kappa shape index (κ1) is 20.6. The Balaban J connectivity index is 1.77. The van der Waals surface area contributed by atoms with E-state index >= 15 is 0 Å². The maximum absolute atomic E-state index is 2.69. The van der Waals surface area contributed by atoms with Crippen LogP contribution in [0.25, 0.3) is 24.3 Å². The van der Waals surface area contributed by atoms with Gasteiger partial charge in [-0.3, -0.25) is 0 Å². The summed E-state index contributed by atoms with van der Waals surface area (Å²) in [5, 5.41) is 0. The molecule has 5 rings (SSSR count). The first-order valence-corrected chi connectivity index (χ1v) is 28.1. The number of benzene rings is 3. The quantitative estimate of drug-likeness (QED) is 0.320. The Kier molecular flexibility index (Phi) is 4.90. The van der Waals surface area contributed by atoms with Gasteiger partial charge in [0.2, 0.25) is 0 Å². The molecular formula is C28H30Sn2. The van der Waals surface area contributed by atoms with Gasteiger partial charge in [0.25, 0.3) is 0 Å². The molecule has 0 radical (unpaired) electrons. The fraction of sp³-hybridized carbons (Fsp3) is 0.214. The molecule has 0 atom stereocenters. The van der Waals surface area contributed by atoms with Crippen LogP contribution in [0.15, 0.2) is 48.5 Å². The van der Waals surface area contributed by atoms with Crippen LogP contribution in [-0.4, -0.2) is 36.8 Å². The molecule has 3 aromatic carbocycles. The Labute approximate surface area is 189 Å². The van der Waals surface area contributed by atoms with Crippen molar-refractivity contribution in [1.29, 1.82) is 0 Å². The minimum atomic E-state index is -2.69. The summed E-state index contributed by atoms with van der Waals surface area (Å²) < 4.78 is 6.56. The molecule has 0 aliphatic carbocycles. The van der Waals surface area contributed by atoms with Crippen LogP contribution in [0.4, 0.5) is 0 Å². The van der Waals surface area contributed by atoms with Gasteiger partial charge in [0.1, 0.15) is 0 Å². The number of aryl methyl sites for hydroxylation is 2. The molecule has 2 heteroatoms. The van der Waals surface area contributed by atoms with Gasteiger partial charge in [-0.05, 0) is 0 Å². The molecule has 0 N–H and O–H groups in total. The molecule has 0 saturated heterocycles. The molecule has 3 aromatic rings. The fourth-order valence-electron chi connectivity index (χ4n) is 5.42. The van der Waals surface area contributed by atoms with E-state index < -0.39 is 36.8 Å². The molecule has 0 nitrogen and oxygen atoms in total. The van der Waals surface area contributed by atoms with Crippen molar-refractivity contribution in [2.45, 2.75) is 33.6 Å². The number of rotatable bonds is 0. The van der Waals surface area contributed by atoms with Crippen molar-refractivity contribution in [2.24, 2.45) is 0 Å². The Hall–Kier alpha value is -1.26. The molecule has 0 amide bonds. The summed E-state index contributed by atoms with van der Waals surface area (Å²) in [6, 6.07) is 19.4. The van der Waals surface area contributed by atoms with Gasteiger partial charge in [-0.15, -0.1) is 0 Å². The molecule has 0 spiro atoms. The van der Waals surface area contributed by atoms with E-state index in [1.165, 1.54) is 33.4 Å². The molecule has 0 bridgehead atoms. The second-order valence-corrected chi connectivity index (χ2v) is 34.8. The molecule has 150 valence electrons. The van der Waals surface area contributed by atoms with E-state index in [2.05, 4.69) is 106 Å². The van der Waals surface area contributed by atoms with Gasteiger partial charge in [-0.2, -0.15) is 0 Å². The normalized spacial score (nSPS) is 17.3. The third kappa shape index (κ3) is 3.17. The summed E-state index contributed by atoms with van der Waals surface area (Å²) in [7, 11) is 0. The van der Waals surface area contributed by atoms with Crippen LogP contribution in [0.2, 0.25) is 19.8 Å². The predicted molar refractivity (Wildman–Crippen MR) is 140 cm³/mol. The summed E-state index contributed by atoms with van der Waals surface area (Å²) in [6.07, 6.45) is 9.58. The van der Waals surface area contributed by atoms with Crippen molar-refractivity contribution in [3.63, 3.8) is 0 Å². The molecule has 0 saturated carbocycles. The van der Waals surface area contributed by atoms with Crippen LogP contribution in [0, 0.1) is 13.8 Å². The van der Waals surface area contributed by atoms with Crippen molar-refractivity contribution >= 4 is 75.4 Å². The van der Waals surface area contributed by atoms with Crippen molar-refractivity contribution in [3.05, 3.63) is 81.9 Å².